The second-order valence-corrected chi connectivity index (χ2v) is 7.46. The number of aryl methyl sites for hydroxylation is 1. The Morgan fingerprint density at radius 1 is 1.15 bits per heavy atom. The first-order chi connectivity index (χ1) is 12.8. The number of hydrogen-bond donors (Lipinski definition) is 1. The van der Waals surface area contributed by atoms with Crippen molar-refractivity contribution in [2.24, 2.45) is 0 Å². The molecule has 8 heteroatoms. The molecule has 0 unspecified atom stereocenters. The van der Waals surface area contributed by atoms with E-state index in [4.69, 9.17) is 4.42 Å². The van der Waals surface area contributed by atoms with E-state index in [2.05, 4.69) is 0 Å². The van der Waals surface area contributed by atoms with Gasteiger partial charge in [-0.15, -0.1) is 0 Å². The summed E-state index contributed by atoms with van der Waals surface area (Å²) in [6, 6.07) is 12.0. The van der Waals surface area contributed by atoms with Crippen LogP contribution >= 0.6 is 0 Å². The summed E-state index contributed by atoms with van der Waals surface area (Å²) in [6.45, 7) is 1.46. The molecule has 0 atom stereocenters. The zero-order valence-electron chi connectivity index (χ0n) is 14.2. The molecule has 0 amide bonds. The van der Waals surface area contributed by atoms with Gasteiger partial charge in [0.1, 0.15) is 17.1 Å². The summed E-state index contributed by atoms with van der Waals surface area (Å²) in [5, 5.41) is 9.82. The minimum Gasteiger partial charge on any atom is -0.507 e. The van der Waals surface area contributed by atoms with Gasteiger partial charge in [-0.3, -0.25) is 4.79 Å². The minimum absolute atomic E-state index is 0.0963. The molecule has 2 aromatic heterocycles. The monoisotopic (exact) mass is 385 g/mol. The molecule has 138 valence electrons. The maximum absolute atomic E-state index is 12.7. The quantitative estimate of drug-likeness (QED) is 0.534. The van der Waals surface area contributed by atoms with Crippen LogP contribution in [0, 0.1) is 6.92 Å². The van der Waals surface area contributed by atoms with E-state index in [1.165, 1.54) is 43.5 Å². The normalized spacial score (nSPS) is 11.7. The maximum Gasteiger partial charge on any atom is 0.351 e. The lowest BCUT2D eigenvalue weighted by atomic mass is 10.1. The molecule has 0 saturated heterocycles. The van der Waals surface area contributed by atoms with Gasteiger partial charge < -0.3 is 9.52 Å². The van der Waals surface area contributed by atoms with Crippen LogP contribution in [-0.2, 0) is 10.0 Å². The van der Waals surface area contributed by atoms with Crippen molar-refractivity contribution in [3.63, 3.8) is 0 Å². The van der Waals surface area contributed by atoms with Crippen molar-refractivity contribution >= 4 is 21.9 Å². The first kappa shape index (κ1) is 18.4. The number of aromatic nitrogens is 1. The molecule has 0 aliphatic rings. The summed E-state index contributed by atoms with van der Waals surface area (Å²) < 4.78 is 31.3. The Morgan fingerprint density at radius 2 is 1.85 bits per heavy atom. The Hall–Kier alpha value is -3.39. The van der Waals surface area contributed by atoms with Gasteiger partial charge in [0, 0.05) is 12.3 Å². The molecular formula is C19H15NO6S. The average molecular weight is 385 g/mol. The number of ketones is 1. The Labute approximate surface area is 154 Å². The van der Waals surface area contributed by atoms with Crippen LogP contribution in [0.15, 0.2) is 74.9 Å². The van der Waals surface area contributed by atoms with Gasteiger partial charge in [0.15, 0.2) is 5.78 Å². The minimum atomic E-state index is -3.84. The van der Waals surface area contributed by atoms with Crippen LogP contribution in [0.2, 0.25) is 0 Å². The highest BCUT2D eigenvalue weighted by Gasteiger charge is 2.19. The molecule has 3 rings (SSSR count). The largest absolute Gasteiger partial charge is 0.507 e. The van der Waals surface area contributed by atoms with E-state index in [9.17, 15) is 23.1 Å². The molecule has 0 saturated carbocycles. The van der Waals surface area contributed by atoms with Gasteiger partial charge in [0.2, 0.25) is 0 Å². The van der Waals surface area contributed by atoms with Gasteiger partial charge in [-0.2, -0.15) is 0 Å². The molecular weight excluding hydrogens is 370 g/mol. The van der Waals surface area contributed by atoms with Gasteiger partial charge in [-0.25, -0.2) is 17.2 Å². The lowest BCUT2D eigenvalue weighted by Gasteiger charge is -2.08. The Balaban J connectivity index is 1.96. The van der Waals surface area contributed by atoms with E-state index >= 15 is 0 Å². The lowest BCUT2D eigenvalue weighted by Crippen LogP contribution is -2.14. The number of aromatic hydroxyl groups is 1. The third-order valence-corrected chi connectivity index (χ3v) is 5.47. The standard InChI is InChI=1S/C19H15NO6S/c1-13-12-17(22)18(19(23)26-13)16(21)10-9-14-6-5-11-20(14)27(24,25)15-7-3-2-4-8-15/h2-12,22H,1H3/b10-9+. The fourth-order valence-electron chi connectivity index (χ4n) is 2.50. The number of rotatable bonds is 5. The van der Waals surface area contributed by atoms with Crippen LogP contribution in [0.4, 0.5) is 0 Å². The molecule has 0 fully saturated rings. The van der Waals surface area contributed by atoms with E-state index in [-0.39, 0.29) is 16.3 Å². The first-order valence-corrected chi connectivity index (χ1v) is 9.29. The highest BCUT2D eigenvalue weighted by molar-refractivity contribution is 7.90. The van der Waals surface area contributed by atoms with Gasteiger partial charge >= 0.3 is 5.63 Å². The fraction of sp³-hybridized carbons (Fsp3) is 0.0526. The molecule has 0 aliphatic heterocycles. The van der Waals surface area contributed by atoms with E-state index < -0.39 is 32.7 Å². The molecule has 7 nitrogen and oxygen atoms in total. The molecule has 0 radical (unpaired) electrons. The predicted octanol–water partition coefficient (Wildman–Crippen LogP) is 2.59. The zero-order valence-corrected chi connectivity index (χ0v) is 15.0. The van der Waals surface area contributed by atoms with Crippen LogP contribution in [-0.4, -0.2) is 23.3 Å². The number of allylic oxidation sites excluding steroid dienone is 1. The van der Waals surface area contributed by atoms with E-state index in [0.717, 1.165) is 16.1 Å². The number of benzene rings is 1. The molecule has 27 heavy (non-hydrogen) atoms. The second-order valence-electron chi connectivity index (χ2n) is 5.65. The highest BCUT2D eigenvalue weighted by atomic mass is 32.2. The predicted molar refractivity (Wildman–Crippen MR) is 98.2 cm³/mol. The number of carbonyl (C=O) groups excluding carboxylic acids is 1. The summed E-state index contributed by atoms with van der Waals surface area (Å²) in [7, 11) is -3.84. The van der Waals surface area contributed by atoms with Crippen LogP contribution in [0.3, 0.4) is 0 Å². The molecule has 0 spiro atoms. The number of nitrogens with zero attached hydrogens (tertiary/aromatic N) is 1. The lowest BCUT2D eigenvalue weighted by molar-refractivity contribution is 0.104. The second kappa shape index (κ2) is 7.08. The smallest absolute Gasteiger partial charge is 0.351 e. The van der Waals surface area contributed by atoms with Gasteiger partial charge in [0.05, 0.1) is 10.6 Å². The topological polar surface area (TPSA) is 107 Å². The number of carbonyl (C=O) groups is 1. The molecule has 1 N–H and O–H groups in total. The molecule has 2 heterocycles. The van der Waals surface area contributed by atoms with Crippen molar-refractivity contribution in [3.8, 4) is 5.75 Å². The van der Waals surface area contributed by atoms with Crippen LogP contribution in [0.1, 0.15) is 21.8 Å². The number of hydrogen-bond acceptors (Lipinski definition) is 6. The van der Waals surface area contributed by atoms with Gasteiger partial charge in [0.25, 0.3) is 10.0 Å². The summed E-state index contributed by atoms with van der Waals surface area (Å²) in [5.41, 5.74) is -1.27. The van der Waals surface area contributed by atoms with Gasteiger partial charge in [-0.05, 0) is 43.3 Å². The van der Waals surface area contributed by atoms with E-state index in [1.54, 1.807) is 18.2 Å². The van der Waals surface area contributed by atoms with Crippen LogP contribution in [0.5, 0.6) is 5.75 Å². The summed E-state index contributed by atoms with van der Waals surface area (Å²) in [6.07, 6.45) is 3.61. The van der Waals surface area contributed by atoms with Crippen LogP contribution in [0.25, 0.3) is 6.08 Å². The Morgan fingerprint density at radius 3 is 2.52 bits per heavy atom. The van der Waals surface area contributed by atoms with Crippen molar-refractivity contribution in [2.45, 2.75) is 11.8 Å². The molecule has 0 bridgehead atoms. The fourth-order valence-corrected chi connectivity index (χ4v) is 3.86. The SMILES string of the molecule is Cc1cc(O)c(C(=O)/C=C/c2cccn2S(=O)(=O)c2ccccc2)c(=O)o1. The highest BCUT2D eigenvalue weighted by Crippen LogP contribution is 2.19. The van der Waals surface area contributed by atoms with Crippen molar-refractivity contribution in [1.29, 1.82) is 0 Å². The van der Waals surface area contributed by atoms with E-state index in [0.29, 0.717) is 0 Å². The Kier molecular flexibility index (Phi) is 4.83. The first-order valence-electron chi connectivity index (χ1n) is 7.85. The summed E-state index contributed by atoms with van der Waals surface area (Å²) >= 11 is 0. The molecule has 1 aromatic carbocycles. The van der Waals surface area contributed by atoms with Gasteiger partial charge in [-0.1, -0.05) is 18.2 Å². The molecule has 0 aliphatic carbocycles. The van der Waals surface area contributed by atoms with Crippen molar-refractivity contribution in [3.05, 3.63) is 88.2 Å². The third-order valence-electron chi connectivity index (χ3n) is 3.75. The van der Waals surface area contributed by atoms with E-state index in [1.807, 2.05) is 0 Å². The summed E-state index contributed by atoms with van der Waals surface area (Å²) in [4.78, 5) is 24.1. The van der Waals surface area contributed by atoms with Crippen molar-refractivity contribution in [2.75, 3.05) is 0 Å². The van der Waals surface area contributed by atoms with Crippen molar-refractivity contribution < 1.29 is 22.7 Å². The zero-order chi connectivity index (χ0) is 19.6. The Bertz CT molecular complexity index is 1190. The third kappa shape index (κ3) is 3.61. The molecule has 3 aromatic rings. The van der Waals surface area contributed by atoms with Crippen molar-refractivity contribution in [1.82, 2.24) is 3.97 Å². The maximum atomic E-state index is 12.7. The average Bonchev–Trinajstić information content (AvgIpc) is 3.09. The summed E-state index contributed by atoms with van der Waals surface area (Å²) in [5.74, 6) is -1.13. The van der Waals surface area contributed by atoms with Crippen LogP contribution < -0.4 is 5.63 Å².